The van der Waals surface area contributed by atoms with Gasteiger partial charge in [0, 0.05) is 40.0 Å². The fourth-order valence-corrected chi connectivity index (χ4v) is 7.19. The van der Waals surface area contributed by atoms with Gasteiger partial charge in [0.2, 0.25) is 0 Å². The summed E-state index contributed by atoms with van der Waals surface area (Å²) in [5.74, 6) is 0.855. The van der Waals surface area contributed by atoms with Gasteiger partial charge in [0.05, 0.1) is 27.7 Å². The Labute approximate surface area is 284 Å². The van der Waals surface area contributed by atoms with E-state index < -0.39 is 0 Å². The number of aliphatic imine (C=N–C) groups is 1. The van der Waals surface area contributed by atoms with Crippen LogP contribution in [-0.4, -0.2) is 17.3 Å². The number of furan rings is 1. The first-order valence-corrected chi connectivity index (χ1v) is 16.7. The van der Waals surface area contributed by atoms with E-state index in [2.05, 4.69) is 156 Å². The monoisotopic (exact) mass is 631 g/mol. The van der Waals surface area contributed by atoms with E-state index in [1.165, 1.54) is 21.8 Å². The third-order valence-electron chi connectivity index (χ3n) is 9.51. The van der Waals surface area contributed by atoms with Crippen LogP contribution in [0.25, 0.3) is 61.5 Å². The number of benzene rings is 6. The minimum Gasteiger partial charge on any atom is -0.456 e. The summed E-state index contributed by atoms with van der Waals surface area (Å²) in [5, 5.41) is 4.48. The van der Waals surface area contributed by atoms with Crippen molar-refractivity contribution in [1.29, 1.82) is 0 Å². The lowest BCUT2D eigenvalue weighted by Crippen LogP contribution is -2.33. The van der Waals surface area contributed by atoms with Crippen LogP contribution >= 0.6 is 0 Å². The summed E-state index contributed by atoms with van der Waals surface area (Å²) in [6.07, 6.45) is 6.09. The van der Waals surface area contributed by atoms with Crippen molar-refractivity contribution in [3.8, 4) is 16.8 Å². The molecule has 234 valence electrons. The number of anilines is 1. The molecule has 1 aliphatic heterocycles. The predicted molar refractivity (Wildman–Crippen MR) is 205 cm³/mol. The zero-order valence-corrected chi connectivity index (χ0v) is 27.3. The van der Waals surface area contributed by atoms with Gasteiger partial charge in [-0.3, -0.25) is 0 Å². The topological polar surface area (TPSA) is 33.7 Å². The van der Waals surface area contributed by atoms with Gasteiger partial charge in [-0.2, -0.15) is 0 Å². The van der Waals surface area contributed by atoms with Crippen LogP contribution < -0.4 is 15.5 Å². The van der Waals surface area contributed by atoms with Gasteiger partial charge in [-0.1, -0.05) is 115 Å². The molecule has 49 heavy (non-hydrogen) atoms. The van der Waals surface area contributed by atoms with Crippen molar-refractivity contribution in [3.05, 3.63) is 180 Å². The Morgan fingerprint density at radius 1 is 0.612 bits per heavy atom. The molecule has 6 aromatic carbocycles. The Morgan fingerprint density at radius 3 is 2.10 bits per heavy atom. The van der Waals surface area contributed by atoms with Crippen LogP contribution in [0.2, 0.25) is 0 Å². The van der Waals surface area contributed by atoms with Crippen LogP contribution in [0.3, 0.4) is 0 Å². The van der Waals surface area contributed by atoms with Crippen molar-refractivity contribution in [2.24, 2.45) is 4.99 Å². The number of para-hydroxylation sites is 3. The Hall–Kier alpha value is -6.39. The van der Waals surface area contributed by atoms with Crippen molar-refractivity contribution < 1.29 is 4.42 Å². The van der Waals surface area contributed by atoms with Gasteiger partial charge >= 0.3 is 0 Å². The minimum atomic E-state index is 0.780. The molecule has 8 aromatic rings. The van der Waals surface area contributed by atoms with Crippen molar-refractivity contribution in [3.63, 3.8) is 0 Å². The lowest BCUT2D eigenvalue weighted by atomic mass is 9.98. The highest BCUT2D eigenvalue weighted by Crippen LogP contribution is 2.36. The number of rotatable bonds is 4. The van der Waals surface area contributed by atoms with Crippen molar-refractivity contribution >= 4 is 56.1 Å². The molecular formula is C45H33N3O. The average molecular weight is 632 g/mol. The van der Waals surface area contributed by atoms with Gasteiger partial charge in [0.25, 0.3) is 0 Å². The lowest BCUT2D eigenvalue weighted by Gasteiger charge is -2.28. The molecular weight excluding hydrogens is 599 g/mol. The summed E-state index contributed by atoms with van der Waals surface area (Å²) < 4.78 is 9.05. The molecule has 4 heteroatoms. The fraction of sp³-hybridized carbons (Fsp3) is 0.0444. The van der Waals surface area contributed by atoms with E-state index in [1.54, 1.807) is 0 Å². The Balaban J connectivity index is 1.27. The number of hydrogen-bond donors (Lipinski definition) is 0. The average Bonchev–Trinajstić information content (AvgIpc) is 3.69. The van der Waals surface area contributed by atoms with Crippen LogP contribution in [-0.2, 0) is 0 Å². The van der Waals surface area contributed by atoms with Crippen LogP contribution in [0.1, 0.15) is 18.1 Å². The first kappa shape index (κ1) is 28.8. The maximum atomic E-state index is 6.69. The Morgan fingerprint density at radius 2 is 1.29 bits per heavy atom. The van der Waals surface area contributed by atoms with E-state index in [1.807, 2.05) is 31.2 Å². The Kier molecular flexibility index (Phi) is 6.87. The molecule has 2 aromatic heterocycles. The molecule has 4 nitrogen and oxygen atoms in total. The molecule has 0 unspecified atom stereocenters. The molecule has 1 aliphatic rings. The molecule has 0 atom stereocenters. The fourth-order valence-electron chi connectivity index (χ4n) is 7.19. The van der Waals surface area contributed by atoms with Crippen LogP contribution in [0, 0.1) is 0 Å². The number of allylic oxidation sites excluding steroid dienone is 2. The minimum absolute atomic E-state index is 0.780. The summed E-state index contributed by atoms with van der Waals surface area (Å²) in [6.45, 7) is 2.02. The summed E-state index contributed by atoms with van der Waals surface area (Å²) in [5.41, 5.74) is 11.6. The smallest absolute Gasteiger partial charge is 0.145 e. The quantitative estimate of drug-likeness (QED) is 0.194. The van der Waals surface area contributed by atoms with Crippen molar-refractivity contribution in [1.82, 2.24) is 4.57 Å². The molecule has 9 rings (SSSR count). The van der Waals surface area contributed by atoms with Gasteiger partial charge < -0.3 is 13.9 Å². The molecule has 0 saturated heterocycles. The van der Waals surface area contributed by atoms with Gasteiger partial charge in [-0.25, -0.2) is 4.99 Å². The number of aromatic nitrogens is 1. The second-order valence-corrected chi connectivity index (χ2v) is 12.4. The zero-order valence-electron chi connectivity index (χ0n) is 27.3. The molecule has 0 radical (unpaired) electrons. The molecule has 0 amide bonds. The summed E-state index contributed by atoms with van der Waals surface area (Å²) in [7, 11) is 2.09. The maximum absolute atomic E-state index is 6.69. The molecule has 0 saturated carbocycles. The first-order chi connectivity index (χ1) is 24.2. The molecule has 0 N–H and O–H groups in total. The Bertz CT molecular complexity index is 2730. The van der Waals surface area contributed by atoms with Crippen LogP contribution in [0.5, 0.6) is 0 Å². The normalized spacial score (nSPS) is 14.7. The molecule has 0 fully saturated rings. The lowest BCUT2D eigenvalue weighted by molar-refractivity contribution is 0.575. The third kappa shape index (κ3) is 4.72. The highest BCUT2D eigenvalue weighted by molar-refractivity contribution is 6.20. The highest BCUT2D eigenvalue weighted by atomic mass is 16.3. The van der Waals surface area contributed by atoms with Gasteiger partial charge in [0.1, 0.15) is 16.8 Å². The third-order valence-corrected chi connectivity index (χ3v) is 9.51. The van der Waals surface area contributed by atoms with E-state index in [9.17, 15) is 0 Å². The number of hydrogen-bond acceptors (Lipinski definition) is 3. The molecule has 0 aliphatic carbocycles. The molecule has 0 spiro atoms. The van der Waals surface area contributed by atoms with Crippen LogP contribution in [0.4, 0.5) is 5.69 Å². The number of fused-ring (bicyclic) bond motifs is 5. The highest BCUT2D eigenvalue weighted by Gasteiger charge is 2.24. The van der Waals surface area contributed by atoms with E-state index in [4.69, 9.17) is 9.41 Å². The second kappa shape index (κ2) is 11.7. The first-order valence-electron chi connectivity index (χ1n) is 16.7. The van der Waals surface area contributed by atoms with Gasteiger partial charge in [-0.05, 0) is 66.6 Å². The largest absolute Gasteiger partial charge is 0.456 e. The molecule has 0 bridgehead atoms. The summed E-state index contributed by atoms with van der Waals surface area (Å²) in [4.78, 5) is 7.55. The van der Waals surface area contributed by atoms with Gasteiger partial charge in [-0.15, -0.1) is 0 Å². The predicted octanol–water partition coefficient (Wildman–Crippen LogP) is 9.61. The number of nitrogens with zero attached hydrogens (tertiary/aromatic N) is 3. The second-order valence-electron chi connectivity index (χ2n) is 12.4. The van der Waals surface area contributed by atoms with E-state index in [0.29, 0.717) is 0 Å². The summed E-state index contributed by atoms with van der Waals surface area (Å²) in [6, 6.07) is 51.4. The maximum Gasteiger partial charge on any atom is 0.145 e. The van der Waals surface area contributed by atoms with E-state index in [0.717, 1.165) is 66.8 Å². The van der Waals surface area contributed by atoms with Crippen LogP contribution in [0.15, 0.2) is 167 Å². The SMILES string of the molecule is C\C=C/C=c1/oc2cc(-c3ccc4c5ccccc5n(-c5ccccc5)c4c3)ccc2/c1=C1\N=C(c2ccccc2)c2ccccc2N1C. The summed E-state index contributed by atoms with van der Waals surface area (Å²) >= 11 is 0. The van der Waals surface area contributed by atoms with E-state index >= 15 is 0 Å². The van der Waals surface area contributed by atoms with Gasteiger partial charge in [0.15, 0.2) is 0 Å². The van der Waals surface area contributed by atoms with E-state index in [-0.39, 0.29) is 0 Å². The van der Waals surface area contributed by atoms with Crippen molar-refractivity contribution in [2.45, 2.75) is 6.92 Å². The van der Waals surface area contributed by atoms with Crippen molar-refractivity contribution in [2.75, 3.05) is 11.9 Å². The molecule has 3 heterocycles. The standard InChI is InChI=1S/C45H33N3O/c1-3-4-23-41-43(45-46-44(30-15-7-5-8-16-30)36-20-12-13-21-38(36)47(45)2)37-27-25-32(29-42(37)49-41)31-24-26-35-34-19-11-14-22-39(34)48(40(35)28-31)33-17-9-6-10-18-33/h3-29H,1-2H3/b4-3-,41-23+,45-43-. The zero-order chi connectivity index (χ0) is 32.9.